The molecule has 0 radical (unpaired) electrons. The molecule has 2 saturated heterocycles. The van der Waals surface area contributed by atoms with Crippen LogP contribution in [-0.2, 0) is 4.79 Å². The summed E-state index contributed by atoms with van der Waals surface area (Å²) >= 11 is 1.69. The van der Waals surface area contributed by atoms with Gasteiger partial charge in [0.25, 0.3) is 0 Å². The summed E-state index contributed by atoms with van der Waals surface area (Å²) in [6.07, 6.45) is 7.85. The number of thiophene rings is 1. The van der Waals surface area contributed by atoms with Crippen molar-refractivity contribution >= 4 is 58.1 Å². The number of piperazine rings is 1. The Morgan fingerprint density at radius 3 is 2.68 bits per heavy atom. The SMILES string of the molecule is Cl.Cl.O=C(C1CC2CCCCC2N1)N1CCN(c2ncnc3ccsc23)CC1. The van der Waals surface area contributed by atoms with Crippen LogP contribution in [0.25, 0.3) is 10.2 Å². The van der Waals surface area contributed by atoms with Gasteiger partial charge in [0.2, 0.25) is 5.91 Å². The number of fused-ring (bicyclic) bond motifs is 2. The minimum atomic E-state index is 0. The van der Waals surface area contributed by atoms with E-state index in [2.05, 4.69) is 30.5 Å². The quantitative estimate of drug-likeness (QED) is 0.772. The predicted molar refractivity (Wildman–Crippen MR) is 118 cm³/mol. The molecule has 0 spiro atoms. The van der Waals surface area contributed by atoms with Crippen molar-refractivity contribution in [3.63, 3.8) is 0 Å². The van der Waals surface area contributed by atoms with Crippen molar-refractivity contribution in [3.05, 3.63) is 17.8 Å². The van der Waals surface area contributed by atoms with Gasteiger partial charge < -0.3 is 15.1 Å². The average molecular weight is 444 g/mol. The Kier molecular flexibility index (Phi) is 7.02. The lowest BCUT2D eigenvalue weighted by molar-refractivity contribution is -0.133. The number of hydrogen-bond donors (Lipinski definition) is 1. The van der Waals surface area contributed by atoms with E-state index in [9.17, 15) is 4.79 Å². The first-order valence-electron chi connectivity index (χ1n) is 9.77. The lowest BCUT2D eigenvalue weighted by Gasteiger charge is -2.36. The highest BCUT2D eigenvalue weighted by Crippen LogP contribution is 2.34. The number of carbonyl (C=O) groups is 1. The summed E-state index contributed by atoms with van der Waals surface area (Å²) in [5, 5.41) is 5.69. The molecule has 1 aliphatic carbocycles. The van der Waals surface area contributed by atoms with E-state index in [1.807, 2.05) is 6.07 Å². The monoisotopic (exact) mass is 443 g/mol. The van der Waals surface area contributed by atoms with Gasteiger partial charge in [-0.25, -0.2) is 9.97 Å². The van der Waals surface area contributed by atoms with Gasteiger partial charge in [0.1, 0.15) is 12.1 Å². The molecule has 5 rings (SSSR count). The molecule has 3 atom stereocenters. The molecule has 1 N–H and O–H groups in total. The van der Waals surface area contributed by atoms with E-state index in [1.165, 1.54) is 25.7 Å². The predicted octanol–water partition coefficient (Wildman–Crippen LogP) is 3.10. The number of nitrogens with one attached hydrogen (secondary N) is 1. The van der Waals surface area contributed by atoms with E-state index in [0.29, 0.717) is 17.9 Å². The fourth-order valence-corrected chi connectivity index (χ4v) is 5.73. The molecular weight excluding hydrogens is 417 g/mol. The molecule has 1 saturated carbocycles. The highest BCUT2D eigenvalue weighted by molar-refractivity contribution is 7.17. The van der Waals surface area contributed by atoms with E-state index in [4.69, 9.17) is 0 Å². The van der Waals surface area contributed by atoms with Gasteiger partial charge in [-0.3, -0.25) is 4.79 Å². The second-order valence-electron chi connectivity index (χ2n) is 7.75. The molecule has 1 amide bonds. The number of carbonyl (C=O) groups excluding carboxylic acids is 1. The number of hydrogen-bond acceptors (Lipinski definition) is 6. The third-order valence-corrected chi connectivity index (χ3v) is 7.18. The summed E-state index contributed by atoms with van der Waals surface area (Å²) in [4.78, 5) is 26.2. The maximum atomic E-state index is 13.0. The molecule has 0 aromatic carbocycles. The third-order valence-electron chi connectivity index (χ3n) is 6.28. The minimum absolute atomic E-state index is 0. The van der Waals surface area contributed by atoms with Crippen LogP contribution in [0, 0.1) is 5.92 Å². The lowest BCUT2D eigenvalue weighted by Crippen LogP contribution is -2.53. The molecule has 9 heteroatoms. The first-order chi connectivity index (χ1) is 12.8. The summed E-state index contributed by atoms with van der Waals surface area (Å²) < 4.78 is 1.15. The van der Waals surface area contributed by atoms with Gasteiger partial charge in [-0.2, -0.15) is 0 Å². The van der Waals surface area contributed by atoms with Gasteiger partial charge in [0, 0.05) is 32.2 Å². The zero-order chi connectivity index (χ0) is 17.5. The van der Waals surface area contributed by atoms with Crippen molar-refractivity contribution in [3.8, 4) is 0 Å². The van der Waals surface area contributed by atoms with E-state index < -0.39 is 0 Å². The first-order valence-corrected chi connectivity index (χ1v) is 10.7. The molecule has 154 valence electrons. The lowest BCUT2D eigenvalue weighted by atomic mass is 9.85. The maximum Gasteiger partial charge on any atom is 0.239 e. The highest BCUT2D eigenvalue weighted by atomic mass is 35.5. The molecule has 2 aromatic rings. The van der Waals surface area contributed by atoms with Crippen molar-refractivity contribution in [2.45, 2.75) is 44.2 Å². The fourth-order valence-electron chi connectivity index (χ4n) is 4.87. The summed E-state index contributed by atoms with van der Waals surface area (Å²) in [6, 6.07) is 2.65. The van der Waals surface area contributed by atoms with Crippen molar-refractivity contribution < 1.29 is 4.79 Å². The molecule has 4 heterocycles. The van der Waals surface area contributed by atoms with E-state index in [0.717, 1.165) is 48.6 Å². The summed E-state index contributed by atoms with van der Waals surface area (Å²) in [5.74, 6) is 2.04. The second kappa shape index (κ2) is 9.11. The molecule has 2 aromatic heterocycles. The molecule has 3 fully saturated rings. The van der Waals surface area contributed by atoms with Crippen molar-refractivity contribution in [2.24, 2.45) is 5.92 Å². The number of rotatable bonds is 2. The second-order valence-corrected chi connectivity index (χ2v) is 8.67. The summed E-state index contributed by atoms with van der Waals surface area (Å²) in [7, 11) is 0. The Hall–Kier alpha value is -1.15. The van der Waals surface area contributed by atoms with Crippen molar-refractivity contribution in [2.75, 3.05) is 31.1 Å². The Morgan fingerprint density at radius 1 is 1.11 bits per heavy atom. The fraction of sp³-hybridized carbons (Fsp3) is 0.632. The average Bonchev–Trinajstić information content (AvgIpc) is 3.34. The molecular formula is C19H27Cl2N5OS. The van der Waals surface area contributed by atoms with Crippen LogP contribution in [0.15, 0.2) is 17.8 Å². The normalized spacial score (nSPS) is 27.1. The highest BCUT2D eigenvalue weighted by Gasteiger charge is 2.40. The topological polar surface area (TPSA) is 61.4 Å². The third kappa shape index (κ3) is 3.95. The maximum absolute atomic E-state index is 13.0. The summed E-state index contributed by atoms with van der Waals surface area (Å²) in [5.41, 5.74) is 1.01. The van der Waals surface area contributed by atoms with Gasteiger partial charge >= 0.3 is 0 Å². The Morgan fingerprint density at radius 2 is 1.89 bits per heavy atom. The van der Waals surface area contributed by atoms with Gasteiger partial charge in [-0.15, -0.1) is 36.2 Å². The zero-order valence-electron chi connectivity index (χ0n) is 15.7. The first kappa shape index (κ1) is 21.6. The van der Waals surface area contributed by atoms with Crippen LogP contribution in [0.1, 0.15) is 32.1 Å². The van der Waals surface area contributed by atoms with Crippen LogP contribution in [0.4, 0.5) is 5.82 Å². The number of halogens is 2. The van der Waals surface area contributed by atoms with Gasteiger partial charge in [-0.1, -0.05) is 12.8 Å². The Labute approximate surface area is 181 Å². The number of amides is 1. The van der Waals surface area contributed by atoms with Gasteiger partial charge in [0.05, 0.1) is 16.3 Å². The standard InChI is InChI=1S/C19H25N5OS.2ClH/c25-19(16-11-13-3-1-2-4-14(13)22-16)24-8-6-23(7-9-24)18-17-15(5-10-26-17)20-12-21-18;;/h5,10,12-14,16,22H,1-4,6-9,11H2;2*1H. The zero-order valence-corrected chi connectivity index (χ0v) is 18.2. The number of aromatic nitrogens is 2. The number of anilines is 1. The molecule has 3 aliphatic rings. The Balaban J connectivity index is 0.00000112. The van der Waals surface area contributed by atoms with Gasteiger partial charge in [0.15, 0.2) is 0 Å². The van der Waals surface area contributed by atoms with Crippen molar-refractivity contribution in [1.29, 1.82) is 0 Å². The van der Waals surface area contributed by atoms with E-state index >= 15 is 0 Å². The van der Waals surface area contributed by atoms with Crippen LogP contribution in [0.3, 0.4) is 0 Å². The van der Waals surface area contributed by atoms with E-state index in [-0.39, 0.29) is 30.9 Å². The van der Waals surface area contributed by atoms with Crippen LogP contribution in [0.5, 0.6) is 0 Å². The van der Waals surface area contributed by atoms with Gasteiger partial charge in [-0.05, 0) is 36.6 Å². The Bertz CT molecular complexity index is 796. The van der Waals surface area contributed by atoms with Crippen LogP contribution >= 0.6 is 36.2 Å². The number of nitrogens with zero attached hydrogens (tertiary/aromatic N) is 4. The largest absolute Gasteiger partial charge is 0.352 e. The molecule has 28 heavy (non-hydrogen) atoms. The van der Waals surface area contributed by atoms with Crippen molar-refractivity contribution in [1.82, 2.24) is 20.2 Å². The minimum Gasteiger partial charge on any atom is -0.352 e. The molecule has 6 nitrogen and oxygen atoms in total. The van der Waals surface area contributed by atoms with Crippen LogP contribution in [-0.4, -0.2) is 59.0 Å². The van der Waals surface area contributed by atoms with Crippen LogP contribution in [0.2, 0.25) is 0 Å². The molecule has 2 aliphatic heterocycles. The van der Waals surface area contributed by atoms with E-state index in [1.54, 1.807) is 17.7 Å². The van der Waals surface area contributed by atoms with Crippen LogP contribution < -0.4 is 10.2 Å². The smallest absolute Gasteiger partial charge is 0.239 e. The molecule has 3 unspecified atom stereocenters. The summed E-state index contributed by atoms with van der Waals surface area (Å²) in [6.45, 7) is 3.25. The molecule has 0 bridgehead atoms.